The standard InChI is InChI=1S/C14H7F9O2/c1-11(9(14(21,22)23)5-10(24)25-11)6-2-7(12(15,16)17)4-8(3-6)13(18,19)20/h2-5H,1H3. The Kier molecular flexibility index (Phi) is 4.13. The van der Waals surface area contributed by atoms with Crippen molar-refractivity contribution in [2.75, 3.05) is 0 Å². The molecular formula is C14H7F9O2. The number of benzene rings is 1. The Hall–Kier alpha value is -2.20. The van der Waals surface area contributed by atoms with Crippen LogP contribution in [0.1, 0.15) is 23.6 Å². The summed E-state index contributed by atoms with van der Waals surface area (Å²) in [6.45, 7) is 0.576. The fourth-order valence-corrected chi connectivity index (χ4v) is 2.34. The van der Waals surface area contributed by atoms with E-state index in [1.165, 1.54) is 0 Å². The van der Waals surface area contributed by atoms with E-state index < -0.39 is 52.4 Å². The monoisotopic (exact) mass is 378 g/mol. The molecule has 1 heterocycles. The van der Waals surface area contributed by atoms with Gasteiger partial charge in [-0.25, -0.2) is 4.79 Å². The molecule has 0 amide bonds. The largest absolute Gasteiger partial charge is 0.446 e. The molecule has 1 aromatic carbocycles. The van der Waals surface area contributed by atoms with Crippen molar-refractivity contribution in [2.45, 2.75) is 31.1 Å². The topological polar surface area (TPSA) is 26.3 Å². The summed E-state index contributed by atoms with van der Waals surface area (Å²) in [5.41, 5.74) is -9.26. The van der Waals surface area contributed by atoms with Crippen molar-refractivity contribution >= 4 is 5.97 Å². The molecule has 1 aromatic rings. The third kappa shape index (κ3) is 3.59. The number of esters is 1. The van der Waals surface area contributed by atoms with Crippen LogP contribution >= 0.6 is 0 Å². The van der Waals surface area contributed by atoms with Crippen molar-refractivity contribution < 1.29 is 49.0 Å². The summed E-state index contributed by atoms with van der Waals surface area (Å²) in [5, 5.41) is 0. The quantitative estimate of drug-likeness (QED) is 0.509. The van der Waals surface area contributed by atoms with Gasteiger partial charge in [0.25, 0.3) is 0 Å². The van der Waals surface area contributed by atoms with Crippen molar-refractivity contribution in [1.29, 1.82) is 0 Å². The van der Waals surface area contributed by atoms with Crippen LogP contribution < -0.4 is 0 Å². The number of rotatable bonds is 1. The van der Waals surface area contributed by atoms with Gasteiger partial charge in [0.15, 0.2) is 5.60 Å². The summed E-state index contributed by atoms with van der Waals surface area (Å²) < 4.78 is 121. The van der Waals surface area contributed by atoms with Crippen LogP contribution in [-0.4, -0.2) is 12.1 Å². The SMILES string of the molecule is CC1(c2cc(C(F)(F)F)cc(C(F)(F)F)c2)OC(=O)C=C1C(F)(F)F. The van der Waals surface area contributed by atoms with Gasteiger partial charge < -0.3 is 4.74 Å². The smallest absolute Gasteiger partial charge is 0.417 e. The van der Waals surface area contributed by atoms with Crippen LogP contribution in [0, 0.1) is 0 Å². The number of alkyl halides is 9. The highest BCUT2D eigenvalue weighted by Crippen LogP contribution is 2.48. The van der Waals surface area contributed by atoms with Crippen molar-refractivity contribution in [1.82, 2.24) is 0 Å². The summed E-state index contributed by atoms with van der Waals surface area (Å²) in [6, 6.07) is -0.0541. The number of cyclic esters (lactones) is 1. The molecule has 1 aliphatic heterocycles. The molecule has 0 radical (unpaired) electrons. The van der Waals surface area contributed by atoms with Crippen LogP contribution in [0.4, 0.5) is 39.5 Å². The molecule has 1 aliphatic rings. The minimum Gasteiger partial charge on any atom is -0.446 e. The summed E-state index contributed by atoms with van der Waals surface area (Å²) in [4.78, 5) is 11.2. The van der Waals surface area contributed by atoms with Gasteiger partial charge in [0.2, 0.25) is 0 Å². The first kappa shape index (κ1) is 19.1. The van der Waals surface area contributed by atoms with Gasteiger partial charge in [-0.05, 0) is 25.1 Å². The molecule has 138 valence electrons. The predicted molar refractivity (Wildman–Crippen MR) is 64.0 cm³/mol. The van der Waals surface area contributed by atoms with Gasteiger partial charge in [-0.3, -0.25) is 0 Å². The molecule has 2 rings (SSSR count). The lowest BCUT2D eigenvalue weighted by Gasteiger charge is -2.29. The molecule has 0 bridgehead atoms. The zero-order valence-electron chi connectivity index (χ0n) is 12.0. The third-order valence-corrected chi connectivity index (χ3v) is 3.52. The van der Waals surface area contributed by atoms with Crippen LogP contribution in [0.3, 0.4) is 0 Å². The molecule has 11 heteroatoms. The Labute approximate surface area is 133 Å². The van der Waals surface area contributed by atoms with Gasteiger partial charge in [0.1, 0.15) is 0 Å². The van der Waals surface area contributed by atoms with E-state index in [0.717, 1.165) is 0 Å². The number of hydrogen-bond acceptors (Lipinski definition) is 2. The first-order valence-corrected chi connectivity index (χ1v) is 6.37. The summed E-state index contributed by atoms with van der Waals surface area (Å²) in [7, 11) is 0. The van der Waals surface area contributed by atoms with Crippen molar-refractivity contribution in [3.05, 3.63) is 46.5 Å². The highest BCUT2D eigenvalue weighted by Gasteiger charge is 2.54. The minimum absolute atomic E-state index is 0.00642. The molecule has 0 N–H and O–H groups in total. The average Bonchev–Trinajstić information content (AvgIpc) is 2.73. The number of carbonyl (C=O) groups excluding carboxylic acids is 1. The number of ether oxygens (including phenoxy) is 1. The van der Waals surface area contributed by atoms with Crippen LogP contribution in [0.25, 0.3) is 0 Å². The van der Waals surface area contributed by atoms with Crippen molar-refractivity contribution in [3.8, 4) is 0 Å². The number of halogens is 9. The second kappa shape index (κ2) is 5.40. The Balaban J connectivity index is 2.74. The second-order valence-electron chi connectivity index (χ2n) is 5.30. The Bertz CT molecular complexity index is 708. The van der Waals surface area contributed by atoms with Crippen LogP contribution in [0.5, 0.6) is 0 Å². The predicted octanol–water partition coefficient (Wildman–Crippen LogP) is 4.98. The first-order chi connectivity index (χ1) is 11.0. The van der Waals surface area contributed by atoms with Gasteiger partial charge in [-0.1, -0.05) is 0 Å². The number of hydrogen-bond donors (Lipinski definition) is 0. The van der Waals surface area contributed by atoms with Gasteiger partial charge >= 0.3 is 24.5 Å². The maximum atomic E-state index is 13.0. The number of carbonyl (C=O) groups is 1. The molecule has 1 atom stereocenters. The molecule has 0 fully saturated rings. The molecular weight excluding hydrogens is 371 g/mol. The van der Waals surface area contributed by atoms with E-state index in [-0.39, 0.29) is 24.3 Å². The lowest BCUT2D eigenvalue weighted by atomic mass is 9.86. The summed E-state index contributed by atoms with van der Waals surface area (Å²) in [5.74, 6) is -1.53. The second-order valence-corrected chi connectivity index (χ2v) is 5.30. The van der Waals surface area contributed by atoms with E-state index in [1.807, 2.05) is 0 Å². The van der Waals surface area contributed by atoms with E-state index in [9.17, 15) is 44.3 Å². The Morgan fingerprint density at radius 2 is 1.24 bits per heavy atom. The van der Waals surface area contributed by atoms with E-state index in [2.05, 4.69) is 4.74 Å². The minimum atomic E-state index is -5.25. The van der Waals surface area contributed by atoms with Gasteiger partial charge in [-0.15, -0.1) is 0 Å². The zero-order valence-corrected chi connectivity index (χ0v) is 12.0. The van der Waals surface area contributed by atoms with Crippen LogP contribution in [0.2, 0.25) is 0 Å². The van der Waals surface area contributed by atoms with Gasteiger partial charge in [0, 0.05) is 11.6 Å². The molecule has 25 heavy (non-hydrogen) atoms. The fraction of sp³-hybridized carbons (Fsp3) is 0.357. The lowest BCUT2D eigenvalue weighted by molar-refractivity contribution is -0.152. The average molecular weight is 378 g/mol. The third-order valence-electron chi connectivity index (χ3n) is 3.52. The lowest BCUT2D eigenvalue weighted by Crippen LogP contribution is -2.33. The van der Waals surface area contributed by atoms with E-state index >= 15 is 0 Å². The normalized spacial score (nSPS) is 22.0. The van der Waals surface area contributed by atoms with E-state index in [0.29, 0.717) is 6.92 Å². The summed E-state index contributed by atoms with van der Waals surface area (Å²) >= 11 is 0. The maximum Gasteiger partial charge on any atom is 0.417 e. The first-order valence-electron chi connectivity index (χ1n) is 6.37. The zero-order chi connectivity index (χ0) is 19.4. The van der Waals surface area contributed by atoms with Crippen molar-refractivity contribution in [3.63, 3.8) is 0 Å². The maximum absolute atomic E-state index is 13.0. The molecule has 0 aliphatic carbocycles. The van der Waals surface area contributed by atoms with Gasteiger partial charge in [0.05, 0.1) is 16.7 Å². The Morgan fingerprint density at radius 1 is 0.800 bits per heavy atom. The highest BCUT2D eigenvalue weighted by atomic mass is 19.4. The molecule has 2 nitrogen and oxygen atoms in total. The molecule has 0 saturated heterocycles. The summed E-state index contributed by atoms with van der Waals surface area (Å²) in [6.07, 6.45) is -15.7. The Morgan fingerprint density at radius 3 is 1.60 bits per heavy atom. The van der Waals surface area contributed by atoms with Crippen LogP contribution in [0.15, 0.2) is 29.8 Å². The van der Waals surface area contributed by atoms with Crippen molar-refractivity contribution in [2.24, 2.45) is 0 Å². The van der Waals surface area contributed by atoms with Gasteiger partial charge in [-0.2, -0.15) is 39.5 Å². The van der Waals surface area contributed by atoms with E-state index in [4.69, 9.17) is 0 Å². The molecule has 0 aromatic heterocycles. The molecule has 0 saturated carbocycles. The highest BCUT2D eigenvalue weighted by molar-refractivity contribution is 5.87. The fourth-order valence-electron chi connectivity index (χ4n) is 2.34. The van der Waals surface area contributed by atoms with E-state index in [1.54, 1.807) is 0 Å². The van der Waals surface area contributed by atoms with Crippen LogP contribution in [-0.2, 0) is 27.5 Å². The molecule has 0 spiro atoms. The molecule has 1 unspecified atom stereocenters.